The van der Waals surface area contributed by atoms with Crippen LogP contribution in [0, 0.1) is 0 Å². The molecule has 0 spiro atoms. The monoisotopic (exact) mass is 327 g/mol. The molecule has 1 amide bonds. The minimum absolute atomic E-state index is 0.171. The van der Waals surface area contributed by atoms with Crippen molar-refractivity contribution < 1.29 is 19.5 Å². The third-order valence-corrected chi connectivity index (χ3v) is 3.65. The van der Waals surface area contributed by atoms with Gasteiger partial charge in [-0.2, -0.15) is 0 Å². The van der Waals surface area contributed by atoms with Gasteiger partial charge in [0.25, 0.3) is 0 Å². The Morgan fingerprint density at radius 3 is 2.82 bits per heavy atom. The Hall–Kier alpha value is -1.96. The number of anilines is 1. The zero-order valence-corrected chi connectivity index (χ0v) is 13.4. The number of amides is 1. The van der Waals surface area contributed by atoms with Crippen LogP contribution in [0.25, 0.3) is 0 Å². The summed E-state index contributed by atoms with van der Waals surface area (Å²) in [4.78, 5) is 30.5. The van der Waals surface area contributed by atoms with Crippen molar-refractivity contribution in [1.29, 1.82) is 0 Å². The van der Waals surface area contributed by atoms with Crippen molar-refractivity contribution in [3.63, 3.8) is 0 Å². The van der Waals surface area contributed by atoms with Gasteiger partial charge < -0.3 is 15.3 Å². The number of unbranched alkanes of at least 4 members (excludes halogenated alkanes) is 5. The molecule has 1 heterocycles. The van der Waals surface area contributed by atoms with Gasteiger partial charge in [0.2, 0.25) is 12.1 Å². The van der Waals surface area contributed by atoms with Crippen LogP contribution in [0.2, 0.25) is 0 Å². The van der Waals surface area contributed by atoms with Gasteiger partial charge in [-0.25, -0.2) is 9.78 Å². The summed E-state index contributed by atoms with van der Waals surface area (Å²) in [6.45, 7) is 2.55. The lowest BCUT2D eigenvalue weighted by Crippen LogP contribution is -2.16. The molecule has 0 saturated heterocycles. The summed E-state index contributed by atoms with van der Waals surface area (Å²) in [5.41, 5.74) is -0.0917. The van der Waals surface area contributed by atoms with Crippen molar-refractivity contribution in [3.8, 4) is 0 Å². The van der Waals surface area contributed by atoms with Crippen LogP contribution in [0.3, 0.4) is 0 Å². The molecular formula is C14H21N3O4S. The lowest BCUT2D eigenvalue weighted by Gasteiger charge is -2.01. The van der Waals surface area contributed by atoms with E-state index in [1.807, 2.05) is 0 Å². The number of nitrogens with one attached hydrogen (secondary N) is 1. The maximum absolute atomic E-state index is 11.2. The van der Waals surface area contributed by atoms with E-state index in [0.29, 0.717) is 18.1 Å². The molecule has 0 aromatic carbocycles. The summed E-state index contributed by atoms with van der Waals surface area (Å²) in [6, 6.07) is 0. The van der Waals surface area contributed by atoms with E-state index in [4.69, 9.17) is 9.94 Å². The van der Waals surface area contributed by atoms with E-state index in [1.54, 1.807) is 0 Å². The smallest absolute Gasteiger partial charge is 0.360 e. The van der Waals surface area contributed by atoms with Crippen LogP contribution in [-0.2, 0) is 14.4 Å². The number of oxime groups is 1. The molecule has 0 aliphatic carbocycles. The van der Waals surface area contributed by atoms with Gasteiger partial charge in [-0.15, -0.1) is 11.3 Å². The number of nitrogens with zero attached hydrogens (tertiary/aromatic N) is 2. The predicted molar refractivity (Wildman–Crippen MR) is 85.3 cm³/mol. The number of carboxylic acids is 1. The molecule has 22 heavy (non-hydrogen) atoms. The number of carboxylic acid groups (broad SMARTS) is 1. The quantitative estimate of drug-likeness (QED) is 0.266. The molecule has 0 bridgehead atoms. The summed E-state index contributed by atoms with van der Waals surface area (Å²) >= 11 is 1.12. The van der Waals surface area contributed by atoms with Gasteiger partial charge in [0.05, 0.1) is 0 Å². The second-order valence-electron chi connectivity index (χ2n) is 4.65. The molecule has 0 aliphatic rings. The van der Waals surface area contributed by atoms with Gasteiger partial charge in [0, 0.05) is 5.38 Å². The van der Waals surface area contributed by atoms with Gasteiger partial charge in [0.1, 0.15) is 12.3 Å². The number of hydrogen-bond donors (Lipinski definition) is 2. The van der Waals surface area contributed by atoms with E-state index in [9.17, 15) is 9.59 Å². The zero-order chi connectivity index (χ0) is 16.2. The largest absolute Gasteiger partial charge is 0.476 e. The summed E-state index contributed by atoms with van der Waals surface area (Å²) in [6.07, 6.45) is 7.18. The van der Waals surface area contributed by atoms with Crippen LogP contribution in [0.4, 0.5) is 5.13 Å². The fourth-order valence-electron chi connectivity index (χ4n) is 1.75. The molecule has 0 atom stereocenters. The fraction of sp³-hybridized carbons (Fsp3) is 0.571. The lowest BCUT2D eigenvalue weighted by molar-refractivity contribution is -0.129. The highest BCUT2D eigenvalue weighted by Crippen LogP contribution is 2.15. The first kappa shape index (κ1) is 18.1. The fourth-order valence-corrected chi connectivity index (χ4v) is 2.41. The van der Waals surface area contributed by atoms with Crippen LogP contribution in [0.5, 0.6) is 0 Å². The molecule has 0 unspecified atom stereocenters. The van der Waals surface area contributed by atoms with Crippen LogP contribution in [0.15, 0.2) is 10.5 Å². The van der Waals surface area contributed by atoms with Gasteiger partial charge in [-0.3, -0.25) is 4.79 Å². The number of hydrogen-bond acceptors (Lipinski definition) is 6. The Morgan fingerprint density at radius 2 is 2.14 bits per heavy atom. The minimum Gasteiger partial charge on any atom is -0.476 e. The van der Waals surface area contributed by atoms with Crippen LogP contribution >= 0.6 is 11.3 Å². The molecule has 1 aromatic heterocycles. The predicted octanol–water partition coefficient (Wildman–Crippen LogP) is 2.88. The molecule has 122 valence electrons. The number of carbonyl (C=O) groups is 2. The van der Waals surface area contributed by atoms with Crippen molar-refractivity contribution in [2.24, 2.45) is 5.16 Å². The van der Waals surface area contributed by atoms with Crippen molar-refractivity contribution in [2.45, 2.75) is 45.4 Å². The highest BCUT2D eigenvalue weighted by Gasteiger charge is 2.17. The van der Waals surface area contributed by atoms with Crippen LogP contribution in [-0.4, -0.2) is 34.8 Å². The second-order valence-corrected chi connectivity index (χ2v) is 5.50. The van der Waals surface area contributed by atoms with Crippen molar-refractivity contribution in [1.82, 2.24) is 4.98 Å². The first-order valence-corrected chi connectivity index (χ1v) is 8.16. The van der Waals surface area contributed by atoms with Crippen LogP contribution in [0.1, 0.15) is 51.1 Å². The number of rotatable bonds is 12. The Kier molecular flexibility index (Phi) is 8.82. The van der Waals surface area contributed by atoms with Gasteiger partial charge in [0.15, 0.2) is 5.13 Å². The van der Waals surface area contributed by atoms with Gasteiger partial charge >= 0.3 is 5.97 Å². The molecule has 2 N–H and O–H groups in total. The number of thiazole rings is 1. The summed E-state index contributed by atoms with van der Waals surface area (Å²) in [7, 11) is 0. The molecule has 0 radical (unpaired) electrons. The van der Waals surface area contributed by atoms with Gasteiger partial charge in [-0.05, 0) is 12.8 Å². The molecule has 7 nitrogen and oxygen atoms in total. The maximum Gasteiger partial charge on any atom is 0.360 e. The first-order valence-electron chi connectivity index (χ1n) is 7.28. The lowest BCUT2D eigenvalue weighted by atomic mass is 10.1. The third kappa shape index (κ3) is 6.66. The van der Waals surface area contributed by atoms with E-state index >= 15 is 0 Å². The summed E-state index contributed by atoms with van der Waals surface area (Å²) in [5.74, 6) is -1.22. The molecule has 1 aromatic rings. The molecule has 8 heteroatoms. The second kappa shape index (κ2) is 10.7. The number of aromatic nitrogens is 1. The topological polar surface area (TPSA) is 101 Å². The van der Waals surface area contributed by atoms with Crippen molar-refractivity contribution >= 4 is 34.6 Å². The van der Waals surface area contributed by atoms with Crippen LogP contribution < -0.4 is 5.32 Å². The third-order valence-electron chi connectivity index (χ3n) is 2.88. The Bertz CT molecular complexity index is 502. The standard InChI is InChI=1S/C14H21N3O4S/c1-2-3-4-5-6-7-8-21-17-12(13(19)20)11-9-22-14(16-11)15-10-18/h9-10H,2-8H2,1H3,(H,19,20)(H,15,16,18)/b17-12+. The average molecular weight is 327 g/mol. The normalized spacial score (nSPS) is 11.2. The van der Waals surface area contributed by atoms with E-state index in [0.717, 1.165) is 30.6 Å². The highest BCUT2D eigenvalue weighted by atomic mass is 32.1. The number of aliphatic carboxylic acids is 1. The van der Waals surface area contributed by atoms with E-state index < -0.39 is 5.97 Å². The molecule has 0 aliphatic heterocycles. The Morgan fingerprint density at radius 1 is 1.41 bits per heavy atom. The summed E-state index contributed by atoms with van der Waals surface area (Å²) < 4.78 is 0. The van der Waals surface area contributed by atoms with E-state index in [2.05, 4.69) is 22.4 Å². The SMILES string of the molecule is CCCCCCCCO/N=C(/C(=O)O)c1csc(NC=O)n1. The molecular weight excluding hydrogens is 306 g/mol. The number of carbonyl (C=O) groups excluding carboxylic acids is 1. The molecule has 0 fully saturated rings. The molecule has 0 saturated carbocycles. The summed E-state index contributed by atoms with van der Waals surface area (Å²) in [5, 5.41) is 17.0. The van der Waals surface area contributed by atoms with E-state index in [-0.39, 0.29) is 11.4 Å². The van der Waals surface area contributed by atoms with Gasteiger partial charge in [-0.1, -0.05) is 37.8 Å². The molecule has 1 rings (SSSR count). The minimum atomic E-state index is -1.22. The Balaban J connectivity index is 2.42. The van der Waals surface area contributed by atoms with Crippen molar-refractivity contribution in [3.05, 3.63) is 11.1 Å². The van der Waals surface area contributed by atoms with Crippen molar-refractivity contribution in [2.75, 3.05) is 11.9 Å². The zero-order valence-electron chi connectivity index (χ0n) is 12.6. The highest BCUT2D eigenvalue weighted by molar-refractivity contribution is 7.14. The maximum atomic E-state index is 11.2. The Labute approximate surface area is 133 Å². The first-order chi connectivity index (χ1) is 10.7. The van der Waals surface area contributed by atoms with E-state index in [1.165, 1.54) is 24.6 Å². The average Bonchev–Trinajstić information content (AvgIpc) is 2.94.